The van der Waals surface area contributed by atoms with Crippen molar-refractivity contribution in [3.63, 3.8) is 0 Å². The van der Waals surface area contributed by atoms with Crippen LogP contribution in [0.5, 0.6) is 0 Å². The van der Waals surface area contributed by atoms with Gasteiger partial charge in [0.2, 0.25) is 0 Å². The van der Waals surface area contributed by atoms with E-state index in [4.69, 9.17) is 0 Å². The first-order valence-corrected chi connectivity index (χ1v) is 9.33. The number of rotatable bonds is 2. The fraction of sp³-hybridized carbons (Fsp3) is 0.316. The van der Waals surface area contributed by atoms with Crippen LogP contribution < -0.4 is 0 Å². The highest BCUT2D eigenvalue weighted by molar-refractivity contribution is 7.00. The van der Waals surface area contributed by atoms with Crippen LogP contribution >= 0.6 is 11.7 Å². The second-order valence-electron chi connectivity index (χ2n) is 6.82. The zero-order valence-electron chi connectivity index (χ0n) is 13.8. The highest BCUT2D eigenvalue weighted by Crippen LogP contribution is 2.25. The van der Waals surface area contributed by atoms with E-state index in [1.165, 1.54) is 22.9 Å². The second kappa shape index (κ2) is 5.89. The number of likely N-dealkylation sites (tertiary alicyclic amines) is 1. The molecule has 0 unspecified atom stereocenters. The summed E-state index contributed by atoms with van der Waals surface area (Å²) in [5, 5.41) is 0. The van der Waals surface area contributed by atoms with Crippen LogP contribution in [-0.4, -0.2) is 50.1 Å². The van der Waals surface area contributed by atoms with Gasteiger partial charge < -0.3 is 4.90 Å². The van der Waals surface area contributed by atoms with Gasteiger partial charge >= 0.3 is 0 Å². The molecule has 5 rings (SSSR count). The van der Waals surface area contributed by atoms with Gasteiger partial charge in [-0.1, -0.05) is 24.3 Å². The molecule has 3 aromatic rings. The van der Waals surface area contributed by atoms with E-state index in [0.29, 0.717) is 11.6 Å². The monoisotopic (exact) mass is 350 g/mol. The van der Waals surface area contributed by atoms with Crippen molar-refractivity contribution in [2.75, 3.05) is 19.6 Å². The number of benzene rings is 2. The Morgan fingerprint density at radius 1 is 1.04 bits per heavy atom. The highest BCUT2D eigenvalue weighted by atomic mass is 32.1. The molecule has 25 heavy (non-hydrogen) atoms. The molecule has 0 atom stereocenters. The van der Waals surface area contributed by atoms with E-state index < -0.39 is 0 Å². The summed E-state index contributed by atoms with van der Waals surface area (Å²) in [6.07, 6.45) is 1.11. The smallest absolute Gasteiger partial charge is 0.254 e. The minimum Gasteiger partial charge on any atom is -0.335 e. The lowest BCUT2D eigenvalue weighted by molar-refractivity contribution is 0.0218. The topological polar surface area (TPSA) is 49.3 Å². The molecule has 1 aromatic heterocycles. The van der Waals surface area contributed by atoms with Crippen LogP contribution in [0.15, 0.2) is 42.5 Å². The minimum atomic E-state index is 0.101. The summed E-state index contributed by atoms with van der Waals surface area (Å²) in [7, 11) is 0. The third-order valence-electron chi connectivity index (χ3n) is 5.33. The summed E-state index contributed by atoms with van der Waals surface area (Å²) in [4.78, 5) is 17.1. The van der Waals surface area contributed by atoms with E-state index in [9.17, 15) is 4.79 Å². The van der Waals surface area contributed by atoms with Crippen molar-refractivity contribution in [3.05, 3.63) is 59.2 Å². The van der Waals surface area contributed by atoms with Gasteiger partial charge in [-0.25, -0.2) is 0 Å². The first kappa shape index (κ1) is 15.0. The van der Waals surface area contributed by atoms with Crippen LogP contribution in [0, 0.1) is 0 Å². The van der Waals surface area contributed by atoms with Gasteiger partial charge in [0.05, 0.1) is 11.7 Å². The summed E-state index contributed by atoms with van der Waals surface area (Å²) in [5.74, 6) is 0.101. The Morgan fingerprint density at radius 3 is 2.72 bits per heavy atom. The number of aromatic nitrogens is 2. The summed E-state index contributed by atoms with van der Waals surface area (Å²) >= 11 is 1.18. The molecule has 2 aliphatic heterocycles. The predicted octanol–water partition coefficient (Wildman–Crippen LogP) is 2.57. The van der Waals surface area contributed by atoms with E-state index >= 15 is 0 Å². The van der Waals surface area contributed by atoms with Gasteiger partial charge in [-0.2, -0.15) is 8.75 Å². The molecule has 1 saturated heterocycles. The van der Waals surface area contributed by atoms with Crippen molar-refractivity contribution in [1.29, 1.82) is 0 Å². The van der Waals surface area contributed by atoms with Crippen LogP contribution in [0.1, 0.15) is 21.5 Å². The second-order valence-corrected chi connectivity index (χ2v) is 7.35. The molecule has 2 aliphatic rings. The number of hydrogen-bond acceptors (Lipinski definition) is 5. The van der Waals surface area contributed by atoms with Crippen molar-refractivity contribution >= 4 is 28.7 Å². The third-order valence-corrected chi connectivity index (χ3v) is 5.88. The quantitative estimate of drug-likeness (QED) is 0.713. The first-order valence-electron chi connectivity index (χ1n) is 8.60. The molecule has 0 radical (unpaired) electrons. The molecule has 0 bridgehead atoms. The van der Waals surface area contributed by atoms with E-state index in [-0.39, 0.29) is 5.91 Å². The molecule has 3 heterocycles. The van der Waals surface area contributed by atoms with Crippen LogP contribution in [0.4, 0.5) is 0 Å². The molecule has 126 valence electrons. The Labute approximate surface area is 150 Å². The van der Waals surface area contributed by atoms with Crippen molar-refractivity contribution in [2.45, 2.75) is 19.0 Å². The Morgan fingerprint density at radius 2 is 1.84 bits per heavy atom. The molecular formula is C19H18N4OS. The number of nitrogens with zero attached hydrogens (tertiary/aromatic N) is 4. The number of amides is 1. The number of carbonyl (C=O) groups is 1. The molecule has 0 saturated carbocycles. The average Bonchev–Trinajstić information content (AvgIpc) is 3.08. The third kappa shape index (κ3) is 2.62. The molecule has 1 fully saturated rings. The van der Waals surface area contributed by atoms with Gasteiger partial charge in [-0.05, 0) is 35.7 Å². The molecule has 5 nitrogen and oxygen atoms in total. The molecule has 0 spiro atoms. The summed E-state index contributed by atoms with van der Waals surface area (Å²) in [6.45, 7) is 3.71. The van der Waals surface area contributed by atoms with Gasteiger partial charge in [0.15, 0.2) is 0 Å². The largest absolute Gasteiger partial charge is 0.335 e. The van der Waals surface area contributed by atoms with Crippen LogP contribution in [-0.2, 0) is 13.0 Å². The van der Waals surface area contributed by atoms with Crippen molar-refractivity contribution in [1.82, 2.24) is 18.5 Å². The minimum absolute atomic E-state index is 0.101. The van der Waals surface area contributed by atoms with E-state index in [2.05, 4.69) is 37.9 Å². The molecule has 6 heteroatoms. The molecule has 2 aromatic carbocycles. The lowest BCUT2D eigenvalue weighted by atomic mass is 9.96. The Balaban J connectivity index is 1.25. The Hall–Kier alpha value is -2.31. The molecule has 0 N–H and O–H groups in total. The summed E-state index contributed by atoms with van der Waals surface area (Å²) in [6, 6.07) is 14.7. The summed E-state index contributed by atoms with van der Waals surface area (Å²) < 4.78 is 8.42. The van der Waals surface area contributed by atoms with Crippen LogP contribution in [0.2, 0.25) is 0 Å². The van der Waals surface area contributed by atoms with Gasteiger partial charge in [-0.3, -0.25) is 9.69 Å². The van der Waals surface area contributed by atoms with Gasteiger partial charge in [-0.15, -0.1) is 0 Å². The maximum Gasteiger partial charge on any atom is 0.254 e. The first-order chi connectivity index (χ1) is 12.3. The Kier molecular flexibility index (Phi) is 3.53. The maximum absolute atomic E-state index is 12.7. The lowest BCUT2D eigenvalue weighted by Crippen LogP contribution is -2.61. The van der Waals surface area contributed by atoms with Crippen LogP contribution in [0.3, 0.4) is 0 Å². The van der Waals surface area contributed by atoms with E-state index in [0.717, 1.165) is 43.6 Å². The van der Waals surface area contributed by atoms with Gasteiger partial charge in [0.1, 0.15) is 11.0 Å². The van der Waals surface area contributed by atoms with E-state index in [1.54, 1.807) is 0 Å². The van der Waals surface area contributed by atoms with Crippen LogP contribution in [0.25, 0.3) is 11.0 Å². The fourth-order valence-electron chi connectivity index (χ4n) is 3.78. The average molecular weight is 350 g/mol. The van der Waals surface area contributed by atoms with Crippen molar-refractivity contribution in [3.8, 4) is 0 Å². The van der Waals surface area contributed by atoms with Gasteiger partial charge in [0, 0.05) is 37.8 Å². The zero-order chi connectivity index (χ0) is 16.8. The fourth-order valence-corrected chi connectivity index (χ4v) is 4.30. The maximum atomic E-state index is 12.7. The molecular weight excluding hydrogens is 332 g/mol. The van der Waals surface area contributed by atoms with Crippen molar-refractivity contribution < 1.29 is 4.79 Å². The number of carbonyl (C=O) groups excluding carboxylic acids is 1. The SMILES string of the molecule is O=C(c1ccc2nsnc2c1)N1CC(N2CCc3ccccc3C2)C1. The normalized spacial score (nSPS) is 18.2. The summed E-state index contributed by atoms with van der Waals surface area (Å²) in [5.41, 5.74) is 5.27. The predicted molar refractivity (Wildman–Crippen MR) is 97.7 cm³/mol. The number of hydrogen-bond donors (Lipinski definition) is 0. The van der Waals surface area contributed by atoms with E-state index in [1.807, 2.05) is 23.1 Å². The van der Waals surface area contributed by atoms with Gasteiger partial charge in [0.25, 0.3) is 5.91 Å². The Bertz CT molecular complexity index is 947. The molecule has 1 amide bonds. The molecule has 0 aliphatic carbocycles. The zero-order valence-corrected chi connectivity index (χ0v) is 14.6. The van der Waals surface area contributed by atoms with Crippen molar-refractivity contribution in [2.24, 2.45) is 0 Å². The lowest BCUT2D eigenvalue weighted by Gasteiger charge is -2.47. The standard InChI is InChI=1S/C19H18N4OS/c24-19(14-5-6-17-18(9-14)21-25-20-17)23-11-16(12-23)22-8-7-13-3-1-2-4-15(13)10-22/h1-6,9,16H,7-8,10-12H2. The highest BCUT2D eigenvalue weighted by Gasteiger charge is 2.36. The number of fused-ring (bicyclic) bond motifs is 2.